The molecule has 0 unspecified atom stereocenters. The predicted molar refractivity (Wildman–Crippen MR) is 76.2 cm³/mol. The molecular formula is C15H34NO+. The third kappa shape index (κ3) is 7.77. The summed E-state index contributed by atoms with van der Waals surface area (Å²) in [5.41, 5.74) is 0. The van der Waals surface area contributed by atoms with E-state index in [0.717, 1.165) is 11.0 Å². The van der Waals surface area contributed by atoms with Gasteiger partial charge < -0.3 is 9.59 Å². The molecule has 2 nitrogen and oxygen atoms in total. The van der Waals surface area contributed by atoms with E-state index in [1.165, 1.54) is 64.6 Å². The molecule has 0 amide bonds. The highest BCUT2D eigenvalue weighted by Crippen LogP contribution is 2.14. The van der Waals surface area contributed by atoms with Gasteiger partial charge in [-0.25, -0.2) is 0 Å². The van der Waals surface area contributed by atoms with Gasteiger partial charge in [0, 0.05) is 0 Å². The zero-order valence-corrected chi connectivity index (χ0v) is 12.4. The molecule has 0 bridgehead atoms. The molecule has 0 saturated heterocycles. The molecule has 0 atom stereocenters. The second-order valence-electron chi connectivity index (χ2n) is 5.37. The average molecular weight is 244 g/mol. The van der Waals surface area contributed by atoms with Crippen LogP contribution in [0.25, 0.3) is 0 Å². The molecule has 0 radical (unpaired) electrons. The highest BCUT2D eigenvalue weighted by atomic mass is 16.3. The first-order valence-electron chi connectivity index (χ1n) is 7.70. The van der Waals surface area contributed by atoms with Crippen LogP contribution in [0, 0.1) is 0 Å². The van der Waals surface area contributed by atoms with Gasteiger partial charge in [0.1, 0.15) is 6.54 Å². The van der Waals surface area contributed by atoms with Gasteiger partial charge in [-0.05, 0) is 25.7 Å². The van der Waals surface area contributed by atoms with Crippen LogP contribution in [-0.4, -0.2) is 42.4 Å². The van der Waals surface area contributed by atoms with Gasteiger partial charge in [0.2, 0.25) is 0 Å². The third-order valence-corrected chi connectivity index (χ3v) is 3.78. The Bertz CT molecular complexity index is 151. The summed E-state index contributed by atoms with van der Waals surface area (Å²) in [6.45, 7) is 11.9. The first-order valence-corrected chi connectivity index (χ1v) is 7.70. The first kappa shape index (κ1) is 16.9. The molecule has 0 fully saturated rings. The molecular weight excluding hydrogens is 210 g/mol. The number of quaternary nitrogens is 1. The van der Waals surface area contributed by atoms with Crippen LogP contribution < -0.4 is 0 Å². The van der Waals surface area contributed by atoms with Gasteiger partial charge in [-0.1, -0.05) is 40.0 Å². The quantitative estimate of drug-likeness (QED) is 0.411. The van der Waals surface area contributed by atoms with Crippen molar-refractivity contribution in [3.63, 3.8) is 0 Å². The van der Waals surface area contributed by atoms with Gasteiger partial charge in [-0.3, -0.25) is 0 Å². The third-order valence-electron chi connectivity index (χ3n) is 3.78. The number of aliphatic hydroxyl groups is 1. The molecule has 2 heteroatoms. The van der Waals surface area contributed by atoms with Crippen LogP contribution in [0.5, 0.6) is 0 Å². The van der Waals surface area contributed by atoms with E-state index in [4.69, 9.17) is 0 Å². The molecule has 0 aromatic carbocycles. The van der Waals surface area contributed by atoms with Crippen molar-refractivity contribution >= 4 is 0 Å². The van der Waals surface area contributed by atoms with Crippen molar-refractivity contribution in [2.24, 2.45) is 0 Å². The van der Waals surface area contributed by atoms with Gasteiger partial charge >= 0.3 is 0 Å². The van der Waals surface area contributed by atoms with Crippen LogP contribution in [0.3, 0.4) is 0 Å². The molecule has 0 aliphatic rings. The van der Waals surface area contributed by atoms with E-state index in [2.05, 4.69) is 20.8 Å². The summed E-state index contributed by atoms with van der Waals surface area (Å²) in [6, 6.07) is 0. The van der Waals surface area contributed by atoms with E-state index in [1.54, 1.807) is 0 Å². The summed E-state index contributed by atoms with van der Waals surface area (Å²) in [5.74, 6) is 0. The maximum Gasteiger partial charge on any atom is 0.102 e. The smallest absolute Gasteiger partial charge is 0.102 e. The summed E-state index contributed by atoms with van der Waals surface area (Å²) in [6.07, 6.45) is 9.09. The van der Waals surface area contributed by atoms with Crippen LogP contribution in [0.15, 0.2) is 0 Å². The summed E-state index contributed by atoms with van der Waals surface area (Å²) < 4.78 is 1.16. The molecule has 0 aromatic heterocycles. The van der Waals surface area contributed by atoms with E-state index < -0.39 is 0 Å². The zero-order chi connectivity index (χ0) is 13.0. The fourth-order valence-electron chi connectivity index (χ4n) is 2.57. The molecule has 104 valence electrons. The van der Waals surface area contributed by atoms with Crippen molar-refractivity contribution in [1.82, 2.24) is 0 Å². The molecule has 0 spiro atoms. The van der Waals surface area contributed by atoms with Gasteiger partial charge in [-0.2, -0.15) is 0 Å². The molecule has 0 aromatic rings. The lowest BCUT2D eigenvalue weighted by Gasteiger charge is -2.38. The summed E-state index contributed by atoms with van der Waals surface area (Å²) in [7, 11) is 0. The SMILES string of the molecule is CCCCC[N+](CCO)(CCCC)CCCC. The summed E-state index contributed by atoms with van der Waals surface area (Å²) >= 11 is 0. The van der Waals surface area contributed by atoms with Crippen molar-refractivity contribution in [1.29, 1.82) is 0 Å². The molecule has 0 rings (SSSR count). The Balaban J connectivity index is 4.32. The fourth-order valence-corrected chi connectivity index (χ4v) is 2.57. The molecule has 17 heavy (non-hydrogen) atoms. The highest BCUT2D eigenvalue weighted by molar-refractivity contribution is 4.49. The number of aliphatic hydroxyl groups excluding tert-OH is 1. The van der Waals surface area contributed by atoms with Crippen molar-refractivity contribution in [2.45, 2.75) is 65.7 Å². The first-order chi connectivity index (χ1) is 8.24. The number of unbranched alkanes of at least 4 members (excludes halogenated alkanes) is 4. The molecule has 0 saturated carbocycles. The van der Waals surface area contributed by atoms with Crippen LogP contribution in [0.4, 0.5) is 0 Å². The summed E-state index contributed by atoms with van der Waals surface area (Å²) in [5, 5.41) is 9.34. The molecule has 1 N–H and O–H groups in total. The molecule has 0 aliphatic carbocycles. The van der Waals surface area contributed by atoms with Crippen LogP contribution >= 0.6 is 0 Å². The van der Waals surface area contributed by atoms with Gasteiger partial charge in [0.15, 0.2) is 0 Å². The fraction of sp³-hybridized carbons (Fsp3) is 1.00. The highest BCUT2D eigenvalue weighted by Gasteiger charge is 2.24. The predicted octanol–water partition coefficient (Wildman–Crippen LogP) is 3.59. The maximum absolute atomic E-state index is 9.34. The minimum atomic E-state index is 0.347. The Kier molecular flexibility index (Phi) is 11.0. The number of nitrogens with zero attached hydrogens (tertiary/aromatic N) is 1. The average Bonchev–Trinajstić information content (AvgIpc) is 2.34. The summed E-state index contributed by atoms with van der Waals surface area (Å²) in [4.78, 5) is 0. The minimum absolute atomic E-state index is 0.347. The van der Waals surface area contributed by atoms with Crippen LogP contribution in [0.2, 0.25) is 0 Å². The van der Waals surface area contributed by atoms with E-state index in [1.807, 2.05) is 0 Å². The Morgan fingerprint density at radius 1 is 0.647 bits per heavy atom. The second-order valence-corrected chi connectivity index (χ2v) is 5.37. The van der Waals surface area contributed by atoms with Gasteiger partial charge in [0.05, 0.1) is 26.2 Å². The Morgan fingerprint density at radius 3 is 1.53 bits per heavy atom. The number of rotatable bonds is 12. The van der Waals surface area contributed by atoms with Gasteiger partial charge in [-0.15, -0.1) is 0 Å². The van der Waals surface area contributed by atoms with E-state index in [0.29, 0.717) is 6.61 Å². The Hall–Kier alpha value is -0.0800. The monoisotopic (exact) mass is 244 g/mol. The van der Waals surface area contributed by atoms with E-state index >= 15 is 0 Å². The Labute approximate surface area is 109 Å². The molecule has 0 heterocycles. The lowest BCUT2D eigenvalue weighted by Crippen LogP contribution is -2.51. The minimum Gasteiger partial charge on any atom is -0.391 e. The van der Waals surface area contributed by atoms with E-state index in [9.17, 15) is 5.11 Å². The normalized spacial score (nSPS) is 12.0. The van der Waals surface area contributed by atoms with Crippen LogP contribution in [-0.2, 0) is 0 Å². The topological polar surface area (TPSA) is 20.2 Å². The lowest BCUT2D eigenvalue weighted by atomic mass is 10.1. The largest absolute Gasteiger partial charge is 0.391 e. The zero-order valence-electron chi connectivity index (χ0n) is 12.4. The van der Waals surface area contributed by atoms with Crippen molar-refractivity contribution in [3.8, 4) is 0 Å². The number of hydrogen-bond acceptors (Lipinski definition) is 1. The van der Waals surface area contributed by atoms with E-state index in [-0.39, 0.29) is 0 Å². The van der Waals surface area contributed by atoms with Gasteiger partial charge in [0.25, 0.3) is 0 Å². The standard InChI is InChI=1S/C15H34NO/c1-4-7-10-13-16(14-15-17,11-8-5-2)12-9-6-3/h17H,4-15H2,1-3H3/q+1. The van der Waals surface area contributed by atoms with Crippen molar-refractivity contribution < 1.29 is 9.59 Å². The maximum atomic E-state index is 9.34. The number of hydrogen-bond donors (Lipinski definition) is 1. The van der Waals surface area contributed by atoms with Crippen molar-refractivity contribution in [3.05, 3.63) is 0 Å². The lowest BCUT2D eigenvalue weighted by molar-refractivity contribution is -0.929. The van der Waals surface area contributed by atoms with Crippen molar-refractivity contribution in [2.75, 3.05) is 32.8 Å². The Morgan fingerprint density at radius 2 is 1.12 bits per heavy atom. The molecule has 0 aliphatic heterocycles. The second kappa shape index (κ2) is 11.0. The van der Waals surface area contributed by atoms with Crippen LogP contribution in [0.1, 0.15) is 65.7 Å².